The zero-order valence-corrected chi connectivity index (χ0v) is 7.22. The number of nitrogens with zero attached hydrogens (tertiary/aromatic N) is 1. The van der Waals surface area contributed by atoms with E-state index in [2.05, 4.69) is 4.84 Å². The molecule has 0 radical (unpaired) electrons. The van der Waals surface area contributed by atoms with Crippen molar-refractivity contribution in [3.63, 3.8) is 0 Å². The predicted octanol–water partition coefficient (Wildman–Crippen LogP) is -0.905. The lowest BCUT2D eigenvalue weighted by molar-refractivity contribution is -0.230. The quantitative estimate of drug-likeness (QED) is 0.493. The Labute approximate surface area is 74.8 Å². The molecule has 6 nitrogen and oxygen atoms in total. The van der Waals surface area contributed by atoms with Crippen LogP contribution in [-0.2, 0) is 23.7 Å². The molecule has 2 rings (SSSR count). The van der Waals surface area contributed by atoms with Crippen LogP contribution in [0.25, 0.3) is 0 Å². The van der Waals surface area contributed by atoms with E-state index in [0.29, 0.717) is 0 Å². The van der Waals surface area contributed by atoms with E-state index in [1.165, 1.54) is 4.97 Å². The van der Waals surface area contributed by atoms with Crippen molar-refractivity contribution < 1.29 is 23.7 Å². The SMILES string of the molecule is CC1OB(N2OC(=O)C2C)OC1=O. The fraction of sp³-hybridized carbons (Fsp3) is 0.667. The van der Waals surface area contributed by atoms with Gasteiger partial charge in [-0.1, -0.05) is 4.97 Å². The van der Waals surface area contributed by atoms with E-state index in [1.807, 2.05) is 0 Å². The number of rotatable bonds is 1. The van der Waals surface area contributed by atoms with Gasteiger partial charge in [0.15, 0.2) is 0 Å². The van der Waals surface area contributed by atoms with Crippen molar-refractivity contribution in [1.29, 1.82) is 0 Å². The first kappa shape index (κ1) is 8.52. The molecule has 7 heteroatoms. The van der Waals surface area contributed by atoms with Crippen LogP contribution in [0.5, 0.6) is 0 Å². The average molecular weight is 185 g/mol. The van der Waals surface area contributed by atoms with Gasteiger partial charge in [0.1, 0.15) is 12.1 Å². The molecule has 0 aromatic carbocycles. The molecular weight excluding hydrogens is 177 g/mol. The van der Waals surface area contributed by atoms with E-state index in [4.69, 9.17) is 9.31 Å². The Morgan fingerprint density at radius 3 is 2.38 bits per heavy atom. The van der Waals surface area contributed by atoms with E-state index in [-0.39, 0.29) is 5.97 Å². The van der Waals surface area contributed by atoms with Crippen LogP contribution in [0.2, 0.25) is 0 Å². The third-order valence-corrected chi connectivity index (χ3v) is 2.00. The molecule has 2 unspecified atom stereocenters. The second-order valence-corrected chi connectivity index (χ2v) is 2.97. The number of hydroxylamine groups is 1. The molecule has 0 amide bonds. The summed E-state index contributed by atoms with van der Waals surface area (Å²) < 4.78 is 9.86. The van der Waals surface area contributed by atoms with E-state index >= 15 is 0 Å². The molecule has 0 aliphatic carbocycles. The monoisotopic (exact) mass is 185 g/mol. The summed E-state index contributed by atoms with van der Waals surface area (Å²) in [5.41, 5.74) is 0. The van der Waals surface area contributed by atoms with Gasteiger partial charge in [-0.2, -0.15) is 0 Å². The van der Waals surface area contributed by atoms with Crippen LogP contribution >= 0.6 is 0 Å². The minimum atomic E-state index is -0.879. The van der Waals surface area contributed by atoms with Crippen LogP contribution in [0.1, 0.15) is 13.8 Å². The first-order valence-electron chi connectivity index (χ1n) is 3.95. The molecule has 0 bridgehead atoms. The molecule has 0 saturated carbocycles. The Kier molecular flexibility index (Phi) is 1.78. The van der Waals surface area contributed by atoms with Crippen LogP contribution in [0, 0.1) is 0 Å². The summed E-state index contributed by atoms with van der Waals surface area (Å²) in [5.74, 6) is -0.792. The van der Waals surface area contributed by atoms with Crippen molar-refractivity contribution in [1.82, 2.24) is 4.97 Å². The van der Waals surface area contributed by atoms with Crippen LogP contribution < -0.4 is 0 Å². The van der Waals surface area contributed by atoms with Crippen LogP contribution in [-0.4, -0.2) is 36.3 Å². The molecule has 0 aromatic heterocycles. The first-order chi connectivity index (χ1) is 6.09. The molecule has 0 aromatic rings. The number of carbonyl (C=O) groups is 2. The minimum absolute atomic E-state index is 0.348. The highest BCUT2D eigenvalue weighted by Gasteiger charge is 2.54. The van der Waals surface area contributed by atoms with E-state index in [0.717, 1.165) is 0 Å². The molecule has 2 saturated heterocycles. The van der Waals surface area contributed by atoms with Gasteiger partial charge in [-0.05, 0) is 13.8 Å². The van der Waals surface area contributed by atoms with E-state index in [1.54, 1.807) is 13.8 Å². The smallest absolute Gasteiger partial charge is 0.492 e. The Balaban J connectivity index is 1.97. The maximum Gasteiger partial charge on any atom is 0.667 e. The molecule has 2 heterocycles. The summed E-state index contributed by atoms with van der Waals surface area (Å²) in [6.45, 7) is 3.22. The van der Waals surface area contributed by atoms with Gasteiger partial charge in [0.2, 0.25) is 0 Å². The standard InChI is InChI=1S/C6H8BNO5/c1-3-5(9)13-8(3)7-11-4(2)6(10)12-7/h3-4H,1-2H3. The van der Waals surface area contributed by atoms with Crippen molar-refractivity contribution in [2.24, 2.45) is 0 Å². The summed E-state index contributed by atoms with van der Waals surface area (Å²) in [5, 5.41) is 0. The molecule has 2 aliphatic rings. The molecule has 0 N–H and O–H groups in total. The maximum absolute atomic E-state index is 10.9. The Hall–Kier alpha value is -1.08. The van der Waals surface area contributed by atoms with Gasteiger partial charge in [-0.3, -0.25) is 4.79 Å². The Bertz CT molecular complexity index is 270. The Morgan fingerprint density at radius 2 is 2.00 bits per heavy atom. The molecule has 0 spiro atoms. The first-order valence-corrected chi connectivity index (χ1v) is 3.95. The van der Waals surface area contributed by atoms with Crippen molar-refractivity contribution in [3.05, 3.63) is 0 Å². The fourth-order valence-electron chi connectivity index (χ4n) is 1.10. The van der Waals surface area contributed by atoms with E-state index in [9.17, 15) is 9.59 Å². The molecular formula is C6H8BNO5. The lowest BCUT2D eigenvalue weighted by atomic mass is 10.0. The zero-order chi connectivity index (χ0) is 9.59. The highest BCUT2D eigenvalue weighted by Crippen LogP contribution is 2.22. The highest BCUT2D eigenvalue weighted by molar-refractivity contribution is 6.46. The second-order valence-electron chi connectivity index (χ2n) is 2.97. The molecule has 70 valence electrons. The lowest BCUT2D eigenvalue weighted by Crippen LogP contribution is -2.60. The highest BCUT2D eigenvalue weighted by atomic mass is 16.8. The third-order valence-electron chi connectivity index (χ3n) is 2.00. The molecule has 2 aliphatic heterocycles. The van der Waals surface area contributed by atoms with Gasteiger partial charge in [0.25, 0.3) is 0 Å². The molecule has 13 heavy (non-hydrogen) atoms. The minimum Gasteiger partial charge on any atom is -0.492 e. The van der Waals surface area contributed by atoms with Crippen molar-refractivity contribution in [3.8, 4) is 0 Å². The summed E-state index contributed by atoms with van der Waals surface area (Å²) in [4.78, 5) is 27.4. The second kappa shape index (κ2) is 2.71. The number of carbonyl (C=O) groups excluding carboxylic acids is 2. The topological polar surface area (TPSA) is 65.1 Å². The normalized spacial score (nSPS) is 34.2. The summed E-state index contributed by atoms with van der Waals surface area (Å²) in [6.07, 6.45) is -0.600. The third kappa shape index (κ3) is 1.20. The van der Waals surface area contributed by atoms with Gasteiger partial charge in [-0.15, -0.1) is 0 Å². The van der Waals surface area contributed by atoms with Crippen molar-refractivity contribution >= 4 is 19.2 Å². The van der Waals surface area contributed by atoms with Gasteiger partial charge in [-0.25, -0.2) is 4.79 Å². The van der Waals surface area contributed by atoms with Crippen LogP contribution in [0.4, 0.5) is 0 Å². The van der Waals surface area contributed by atoms with Gasteiger partial charge in [0, 0.05) is 0 Å². The van der Waals surface area contributed by atoms with Crippen LogP contribution in [0.3, 0.4) is 0 Å². The predicted molar refractivity (Wildman–Crippen MR) is 39.8 cm³/mol. The van der Waals surface area contributed by atoms with Crippen molar-refractivity contribution in [2.45, 2.75) is 26.0 Å². The lowest BCUT2D eigenvalue weighted by Gasteiger charge is -2.34. The van der Waals surface area contributed by atoms with Gasteiger partial charge >= 0.3 is 19.2 Å². The average Bonchev–Trinajstić information content (AvgIpc) is 2.41. The van der Waals surface area contributed by atoms with Crippen molar-refractivity contribution in [2.75, 3.05) is 0 Å². The molecule has 2 atom stereocenters. The maximum atomic E-state index is 10.9. The Morgan fingerprint density at radius 1 is 1.31 bits per heavy atom. The number of hydrogen-bond donors (Lipinski definition) is 0. The molecule has 2 fully saturated rings. The van der Waals surface area contributed by atoms with Crippen LogP contribution in [0.15, 0.2) is 0 Å². The fourth-order valence-corrected chi connectivity index (χ4v) is 1.10. The van der Waals surface area contributed by atoms with E-state index < -0.39 is 25.4 Å². The zero-order valence-electron chi connectivity index (χ0n) is 7.22. The van der Waals surface area contributed by atoms with Gasteiger partial charge in [0.05, 0.1) is 0 Å². The summed E-state index contributed by atoms with van der Waals surface area (Å²) in [6, 6.07) is -0.414. The number of hydrogen-bond acceptors (Lipinski definition) is 6. The summed E-state index contributed by atoms with van der Waals surface area (Å²) in [7, 11) is -0.879. The summed E-state index contributed by atoms with van der Waals surface area (Å²) >= 11 is 0. The van der Waals surface area contributed by atoms with Gasteiger partial charge < -0.3 is 14.1 Å². The largest absolute Gasteiger partial charge is 0.667 e.